The highest BCUT2D eigenvalue weighted by Gasteiger charge is 2.00. The van der Waals surface area contributed by atoms with E-state index >= 15 is 0 Å². The molecule has 0 saturated heterocycles. The summed E-state index contributed by atoms with van der Waals surface area (Å²) in [4.78, 5) is 0. The van der Waals surface area contributed by atoms with Gasteiger partial charge in [0, 0.05) is 5.70 Å². The lowest BCUT2D eigenvalue weighted by atomic mass is 10.1. The Bertz CT molecular complexity index is 187. The van der Waals surface area contributed by atoms with E-state index in [-0.39, 0.29) is 0 Å². The zero-order valence-corrected chi connectivity index (χ0v) is 6.99. The average molecular weight is 137 g/mol. The van der Waals surface area contributed by atoms with Gasteiger partial charge in [0.2, 0.25) is 0 Å². The van der Waals surface area contributed by atoms with Gasteiger partial charge in [0.15, 0.2) is 0 Å². The van der Waals surface area contributed by atoms with Crippen LogP contribution in [-0.4, -0.2) is 0 Å². The predicted molar refractivity (Wildman–Crippen MR) is 44.5 cm³/mol. The zero-order valence-electron chi connectivity index (χ0n) is 6.99. The number of nitrogens with one attached hydrogen (secondary N) is 1. The fraction of sp³-hybridized carbons (Fsp3) is 0.556. The van der Waals surface area contributed by atoms with Crippen LogP contribution in [0.5, 0.6) is 0 Å². The summed E-state index contributed by atoms with van der Waals surface area (Å²) in [6, 6.07) is 0. The van der Waals surface area contributed by atoms with Crippen molar-refractivity contribution in [1.82, 2.24) is 5.32 Å². The first-order chi connectivity index (χ1) is 4.70. The molecule has 10 heavy (non-hydrogen) atoms. The Kier molecular flexibility index (Phi) is 2.15. The molecule has 56 valence electrons. The highest BCUT2D eigenvalue weighted by atomic mass is 14.8. The quantitative estimate of drug-likeness (QED) is 0.541. The summed E-state index contributed by atoms with van der Waals surface area (Å²) in [7, 11) is 0. The molecule has 1 aliphatic heterocycles. The highest BCUT2D eigenvalue weighted by Crippen LogP contribution is 2.16. The summed E-state index contributed by atoms with van der Waals surface area (Å²) in [5, 5.41) is 3.26. The SMILES string of the molecule is CC1=CNC(C)=C(C)CC1. The van der Waals surface area contributed by atoms with Gasteiger partial charge in [-0.25, -0.2) is 0 Å². The molecule has 0 aliphatic carbocycles. The van der Waals surface area contributed by atoms with Crippen LogP contribution in [0.2, 0.25) is 0 Å². The topological polar surface area (TPSA) is 12.0 Å². The molecule has 0 aromatic heterocycles. The molecular formula is C9H15N. The number of hydrogen-bond acceptors (Lipinski definition) is 1. The number of allylic oxidation sites excluding steroid dienone is 3. The molecule has 0 saturated carbocycles. The minimum Gasteiger partial charge on any atom is -0.365 e. The van der Waals surface area contributed by atoms with Gasteiger partial charge in [0.1, 0.15) is 0 Å². The molecule has 1 rings (SSSR count). The van der Waals surface area contributed by atoms with Crippen molar-refractivity contribution in [3.8, 4) is 0 Å². The first kappa shape index (κ1) is 7.39. The fourth-order valence-corrected chi connectivity index (χ4v) is 0.999. The summed E-state index contributed by atoms with van der Waals surface area (Å²) in [5.41, 5.74) is 4.24. The van der Waals surface area contributed by atoms with E-state index in [2.05, 4.69) is 32.3 Å². The van der Waals surface area contributed by atoms with Crippen molar-refractivity contribution >= 4 is 0 Å². The van der Waals surface area contributed by atoms with Crippen LogP contribution in [0.25, 0.3) is 0 Å². The molecule has 0 spiro atoms. The second-order valence-corrected chi connectivity index (χ2v) is 3.04. The molecule has 1 nitrogen and oxygen atoms in total. The summed E-state index contributed by atoms with van der Waals surface area (Å²) >= 11 is 0. The predicted octanol–water partition coefficient (Wildman–Crippen LogP) is 2.57. The lowest BCUT2D eigenvalue weighted by Gasteiger charge is -2.01. The maximum atomic E-state index is 3.26. The first-order valence-corrected chi connectivity index (χ1v) is 3.78. The van der Waals surface area contributed by atoms with Crippen LogP contribution >= 0.6 is 0 Å². The van der Waals surface area contributed by atoms with E-state index in [9.17, 15) is 0 Å². The fourth-order valence-electron chi connectivity index (χ4n) is 0.999. The van der Waals surface area contributed by atoms with Crippen LogP contribution in [0.15, 0.2) is 23.0 Å². The molecule has 0 amide bonds. The second kappa shape index (κ2) is 2.91. The Labute approximate surface area is 62.8 Å². The Morgan fingerprint density at radius 1 is 1.20 bits per heavy atom. The largest absolute Gasteiger partial charge is 0.365 e. The lowest BCUT2D eigenvalue weighted by Crippen LogP contribution is -2.01. The summed E-state index contributed by atoms with van der Waals surface area (Å²) in [5.74, 6) is 0. The molecule has 1 heterocycles. The average Bonchev–Trinajstić information content (AvgIpc) is 2.04. The molecule has 0 bridgehead atoms. The van der Waals surface area contributed by atoms with Crippen LogP contribution in [-0.2, 0) is 0 Å². The highest BCUT2D eigenvalue weighted by molar-refractivity contribution is 5.16. The molecule has 0 aromatic carbocycles. The van der Waals surface area contributed by atoms with Crippen LogP contribution < -0.4 is 5.32 Å². The molecule has 0 fully saturated rings. The van der Waals surface area contributed by atoms with E-state index in [1.165, 1.54) is 29.7 Å². The van der Waals surface area contributed by atoms with Gasteiger partial charge in [0.05, 0.1) is 0 Å². The van der Waals surface area contributed by atoms with Gasteiger partial charge < -0.3 is 5.32 Å². The summed E-state index contributed by atoms with van der Waals surface area (Å²) in [6.45, 7) is 6.48. The Balaban J connectivity index is 2.70. The first-order valence-electron chi connectivity index (χ1n) is 3.78. The molecule has 0 aromatic rings. The van der Waals surface area contributed by atoms with Crippen molar-refractivity contribution in [3.63, 3.8) is 0 Å². The van der Waals surface area contributed by atoms with Crippen LogP contribution in [0.4, 0.5) is 0 Å². The van der Waals surface area contributed by atoms with E-state index in [1.54, 1.807) is 0 Å². The van der Waals surface area contributed by atoms with E-state index in [1.807, 2.05) is 0 Å². The minimum absolute atomic E-state index is 1.20. The monoisotopic (exact) mass is 137 g/mol. The molecule has 0 unspecified atom stereocenters. The van der Waals surface area contributed by atoms with Gasteiger partial charge in [-0.2, -0.15) is 0 Å². The van der Waals surface area contributed by atoms with Crippen molar-refractivity contribution in [2.45, 2.75) is 33.6 Å². The van der Waals surface area contributed by atoms with Gasteiger partial charge in [-0.3, -0.25) is 0 Å². The standard InChI is InChI=1S/C9H15N/c1-7-4-5-8(2)9(3)10-6-7/h6,10H,4-5H2,1-3H3. The maximum Gasteiger partial charge on any atom is 0.0104 e. The van der Waals surface area contributed by atoms with Crippen LogP contribution in [0.1, 0.15) is 33.6 Å². The zero-order chi connectivity index (χ0) is 7.56. The van der Waals surface area contributed by atoms with Crippen LogP contribution in [0.3, 0.4) is 0 Å². The van der Waals surface area contributed by atoms with Gasteiger partial charge in [-0.15, -0.1) is 0 Å². The third-order valence-electron chi connectivity index (χ3n) is 2.07. The Hall–Kier alpha value is -0.720. The van der Waals surface area contributed by atoms with Crippen molar-refractivity contribution < 1.29 is 0 Å². The van der Waals surface area contributed by atoms with Gasteiger partial charge in [-0.05, 0) is 39.8 Å². The second-order valence-electron chi connectivity index (χ2n) is 3.04. The normalized spacial score (nSPS) is 19.7. The lowest BCUT2D eigenvalue weighted by molar-refractivity contribution is 0.920. The maximum absolute atomic E-state index is 3.26. The molecule has 1 heteroatoms. The van der Waals surface area contributed by atoms with E-state index in [0.29, 0.717) is 0 Å². The summed E-state index contributed by atoms with van der Waals surface area (Å²) in [6.07, 6.45) is 4.52. The Morgan fingerprint density at radius 2 is 1.90 bits per heavy atom. The van der Waals surface area contributed by atoms with Gasteiger partial charge in [-0.1, -0.05) is 11.1 Å². The molecule has 1 N–H and O–H groups in total. The van der Waals surface area contributed by atoms with Gasteiger partial charge >= 0.3 is 0 Å². The van der Waals surface area contributed by atoms with Gasteiger partial charge in [0.25, 0.3) is 0 Å². The van der Waals surface area contributed by atoms with Crippen molar-refractivity contribution in [3.05, 3.63) is 23.0 Å². The van der Waals surface area contributed by atoms with Crippen LogP contribution in [0, 0.1) is 0 Å². The number of hydrogen-bond donors (Lipinski definition) is 1. The molecular weight excluding hydrogens is 122 g/mol. The van der Waals surface area contributed by atoms with Crippen molar-refractivity contribution in [1.29, 1.82) is 0 Å². The van der Waals surface area contributed by atoms with E-state index in [4.69, 9.17) is 0 Å². The third-order valence-corrected chi connectivity index (χ3v) is 2.07. The molecule has 0 atom stereocenters. The third kappa shape index (κ3) is 1.63. The van der Waals surface area contributed by atoms with E-state index < -0.39 is 0 Å². The van der Waals surface area contributed by atoms with Crippen molar-refractivity contribution in [2.24, 2.45) is 0 Å². The molecule has 1 aliphatic rings. The van der Waals surface area contributed by atoms with Crippen molar-refractivity contribution in [2.75, 3.05) is 0 Å². The smallest absolute Gasteiger partial charge is 0.0104 e. The number of rotatable bonds is 0. The molecule has 0 radical (unpaired) electrons. The minimum atomic E-state index is 1.20. The Morgan fingerprint density at radius 3 is 2.60 bits per heavy atom. The van der Waals surface area contributed by atoms with E-state index in [0.717, 1.165) is 0 Å². The summed E-state index contributed by atoms with van der Waals surface area (Å²) < 4.78 is 0.